The largest absolute Gasteiger partial charge is 0.213 e. The molecule has 0 spiro atoms. The first-order valence-electron chi connectivity index (χ1n) is 9.03. The van der Waals surface area contributed by atoms with Crippen LogP contribution in [0, 0.1) is 0 Å². The Morgan fingerprint density at radius 1 is 0.793 bits per heavy atom. The fourth-order valence-electron chi connectivity index (χ4n) is 3.59. The minimum atomic E-state index is -0.296. The van der Waals surface area contributed by atoms with Crippen LogP contribution in [0.25, 0.3) is 27.5 Å². The Morgan fingerprint density at radius 2 is 1.59 bits per heavy atom. The van der Waals surface area contributed by atoms with Crippen molar-refractivity contribution in [2.75, 3.05) is 0 Å². The van der Waals surface area contributed by atoms with Crippen LogP contribution in [0.4, 0.5) is 0 Å². The maximum atomic E-state index is 6.81. The molecule has 3 nitrogen and oxygen atoms in total. The van der Waals surface area contributed by atoms with Crippen molar-refractivity contribution in [1.29, 1.82) is 0 Å². The molecule has 0 amide bonds. The number of benzene rings is 3. The molecule has 3 aromatic carbocycles. The van der Waals surface area contributed by atoms with E-state index in [-0.39, 0.29) is 5.38 Å². The third-order valence-corrected chi connectivity index (χ3v) is 5.99. The van der Waals surface area contributed by atoms with Gasteiger partial charge in [0, 0.05) is 15.4 Å². The lowest BCUT2D eigenvalue weighted by atomic mass is 9.97. The Bertz CT molecular complexity index is 1340. The summed E-state index contributed by atoms with van der Waals surface area (Å²) in [6.45, 7) is 0. The molecule has 0 radical (unpaired) electrons. The fraction of sp³-hybridized carbons (Fsp3) is 0.0435. The summed E-state index contributed by atoms with van der Waals surface area (Å²) in [5.74, 6) is 0. The highest BCUT2D eigenvalue weighted by Gasteiger charge is 2.15. The highest BCUT2D eigenvalue weighted by atomic mass is 35.5. The Labute approximate surface area is 182 Å². The van der Waals surface area contributed by atoms with E-state index in [1.165, 1.54) is 0 Å². The number of aromatic nitrogens is 3. The molecule has 29 heavy (non-hydrogen) atoms. The quantitative estimate of drug-likeness (QED) is 0.279. The second-order valence-electron chi connectivity index (χ2n) is 6.83. The van der Waals surface area contributed by atoms with Crippen LogP contribution in [0.15, 0.2) is 79.0 Å². The van der Waals surface area contributed by atoms with Gasteiger partial charge in [-0.2, -0.15) is 0 Å². The highest BCUT2D eigenvalue weighted by molar-refractivity contribution is 6.31. The number of nitrogens with zero attached hydrogens (tertiary/aromatic N) is 3. The van der Waals surface area contributed by atoms with Crippen LogP contribution in [0.2, 0.25) is 10.0 Å². The summed E-state index contributed by atoms with van der Waals surface area (Å²) in [6.07, 6.45) is 1.75. The summed E-state index contributed by atoms with van der Waals surface area (Å²) < 4.78 is 1.83. The Morgan fingerprint density at radius 3 is 2.38 bits per heavy atom. The maximum Gasteiger partial charge on any atom is 0.0878 e. The third-order valence-electron chi connectivity index (χ3n) is 5.00. The fourth-order valence-corrected chi connectivity index (χ4v) is 4.18. The van der Waals surface area contributed by atoms with Gasteiger partial charge in [0.25, 0.3) is 0 Å². The van der Waals surface area contributed by atoms with Gasteiger partial charge in [-0.25, -0.2) is 4.52 Å². The molecular formula is C23H14Cl3N3. The van der Waals surface area contributed by atoms with Gasteiger partial charge in [-0.3, -0.25) is 0 Å². The van der Waals surface area contributed by atoms with Gasteiger partial charge in [-0.05, 0) is 64.7 Å². The molecule has 0 fully saturated rings. The number of fused-ring (bicyclic) bond motifs is 3. The van der Waals surface area contributed by atoms with Gasteiger partial charge < -0.3 is 0 Å². The zero-order valence-electron chi connectivity index (χ0n) is 15.1. The molecule has 0 aliphatic heterocycles. The van der Waals surface area contributed by atoms with E-state index in [1.54, 1.807) is 6.20 Å². The van der Waals surface area contributed by atoms with E-state index >= 15 is 0 Å². The summed E-state index contributed by atoms with van der Waals surface area (Å²) in [5, 5.41) is 10.4. The predicted octanol–water partition coefficient (Wildman–Crippen LogP) is 7.18. The van der Waals surface area contributed by atoms with Crippen molar-refractivity contribution in [3.05, 3.63) is 100 Å². The first kappa shape index (κ1) is 18.4. The average molecular weight is 439 g/mol. The van der Waals surface area contributed by atoms with Crippen molar-refractivity contribution in [1.82, 2.24) is 14.8 Å². The zero-order valence-corrected chi connectivity index (χ0v) is 17.3. The van der Waals surface area contributed by atoms with Gasteiger partial charge in [0.15, 0.2) is 0 Å². The van der Waals surface area contributed by atoms with Crippen LogP contribution in [-0.2, 0) is 0 Å². The van der Waals surface area contributed by atoms with Gasteiger partial charge in [-0.1, -0.05) is 58.7 Å². The van der Waals surface area contributed by atoms with Crippen molar-refractivity contribution in [3.8, 4) is 11.1 Å². The first-order chi connectivity index (χ1) is 14.1. The van der Waals surface area contributed by atoms with E-state index in [2.05, 4.69) is 22.4 Å². The van der Waals surface area contributed by atoms with E-state index in [9.17, 15) is 0 Å². The number of halogens is 3. The highest BCUT2D eigenvalue weighted by Crippen LogP contribution is 2.36. The molecule has 1 unspecified atom stereocenters. The lowest BCUT2D eigenvalue weighted by Gasteiger charge is -2.14. The minimum absolute atomic E-state index is 0.296. The summed E-state index contributed by atoms with van der Waals surface area (Å²) >= 11 is 19.1. The molecule has 5 aromatic rings. The monoisotopic (exact) mass is 437 g/mol. The molecule has 5 rings (SSSR count). The average Bonchev–Trinajstić information content (AvgIpc) is 3.22. The SMILES string of the molecule is Clc1ccc(C(Cl)c2ccc3c(c2)c(-c2cccc(Cl)c2)cc2cnnn23)cc1. The number of rotatable bonds is 3. The van der Waals surface area contributed by atoms with Gasteiger partial charge >= 0.3 is 0 Å². The molecular weight excluding hydrogens is 425 g/mol. The summed E-state index contributed by atoms with van der Waals surface area (Å²) in [7, 11) is 0. The van der Waals surface area contributed by atoms with E-state index in [1.807, 2.05) is 65.2 Å². The van der Waals surface area contributed by atoms with Crippen LogP contribution in [0.5, 0.6) is 0 Å². The predicted molar refractivity (Wildman–Crippen MR) is 120 cm³/mol. The van der Waals surface area contributed by atoms with Gasteiger partial charge in [0.1, 0.15) is 0 Å². The second kappa shape index (κ2) is 7.34. The standard InChI is InChI=1S/C23H14Cl3N3/c24-17-7-4-14(5-8-17)23(26)16-6-9-22-21(11-16)20(12-19-13-27-28-29(19)22)15-2-1-3-18(25)10-15/h1-13,23H. The third kappa shape index (κ3) is 3.36. The topological polar surface area (TPSA) is 30.2 Å². The molecule has 0 saturated carbocycles. The van der Waals surface area contributed by atoms with Gasteiger partial charge in [0.2, 0.25) is 0 Å². The van der Waals surface area contributed by atoms with Crippen LogP contribution in [0.3, 0.4) is 0 Å². The molecule has 142 valence electrons. The first-order valence-corrected chi connectivity index (χ1v) is 10.2. The lowest BCUT2D eigenvalue weighted by molar-refractivity contribution is 0.882. The number of alkyl halides is 1. The number of pyridine rings is 1. The van der Waals surface area contributed by atoms with Crippen LogP contribution in [0.1, 0.15) is 16.5 Å². The van der Waals surface area contributed by atoms with Crippen LogP contribution < -0.4 is 0 Å². The van der Waals surface area contributed by atoms with Gasteiger partial charge in [-0.15, -0.1) is 16.7 Å². The molecule has 2 aromatic heterocycles. The van der Waals surface area contributed by atoms with Crippen LogP contribution >= 0.6 is 34.8 Å². The summed E-state index contributed by atoms with van der Waals surface area (Å²) in [5.41, 5.74) is 5.94. The van der Waals surface area contributed by atoms with E-state index < -0.39 is 0 Å². The van der Waals surface area contributed by atoms with E-state index in [0.29, 0.717) is 10.0 Å². The smallest absolute Gasteiger partial charge is 0.0878 e. The molecule has 1 atom stereocenters. The summed E-state index contributed by atoms with van der Waals surface area (Å²) in [6, 6.07) is 23.7. The second-order valence-corrected chi connectivity index (χ2v) is 8.14. The van der Waals surface area contributed by atoms with Crippen molar-refractivity contribution in [2.24, 2.45) is 0 Å². The maximum absolute atomic E-state index is 6.81. The lowest BCUT2D eigenvalue weighted by Crippen LogP contribution is -1.97. The van der Waals surface area contributed by atoms with Crippen molar-refractivity contribution in [3.63, 3.8) is 0 Å². The molecule has 6 heteroatoms. The van der Waals surface area contributed by atoms with Crippen molar-refractivity contribution < 1.29 is 0 Å². The van der Waals surface area contributed by atoms with Gasteiger partial charge in [0.05, 0.1) is 22.6 Å². The Balaban J connectivity index is 1.74. The molecule has 0 aliphatic carbocycles. The zero-order chi connectivity index (χ0) is 20.0. The van der Waals surface area contributed by atoms with Crippen molar-refractivity contribution in [2.45, 2.75) is 5.38 Å². The number of hydrogen-bond acceptors (Lipinski definition) is 2. The Kier molecular flexibility index (Phi) is 4.67. The summed E-state index contributed by atoms with van der Waals surface area (Å²) in [4.78, 5) is 0. The van der Waals surface area contributed by atoms with E-state index in [4.69, 9.17) is 34.8 Å². The molecule has 0 N–H and O–H groups in total. The van der Waals surface area contributed by atoms with Crippen LogP contribution in [-0.4, -0.2) is 14.8 Å². The normalized spacial score (nSPS) is 12.5. The molecule has 0 bridgehead atoms. The number of hydrogen-bond donors (Lipinski definition) is 0. The molecule has 0 saturated heterocycles. The molecule has 0 aliphatic rings. The van der Waals surface area contributed by atoms with E-state index in [0.717, 1.165) is 38.7 Å². The minimum Gasteiger partial charge on any atom is -0.213 e. The Hall–Kier alpha value is -2.59. The van der Waals surface area contributed by atoms with Crippen molar-refractivity contribution >= 4 is 51.2 Å². The molecule has 2 heterocycles.